The van der Waals surface area contributed by atoms with E-state index in [0.29, 0.717) is 6.54 Å². The molecule has 0 atom stereocenters. The van der Waals surface area contributed by atoms with Crippen LogP contribution >= 0.6 is 11.3 Å². The molecule has 0 spiro atoms. The summed E-state index contributed by atoms with van der Waals surface area (Å²) in [6, 6.07) is 10.3. The SMILES string of the molecule is CCc1cnc(CCNC(=NC)NCc2nccc3ccccc23)s1. The Morgan fingerprint density at radius 3 is 2.84 bits per heavy atom. The highest BCUT2D eigenvalue weighted by atomic mass is 32.1. The van der Waals surface area contributed by atoms with Crippen LogP contribution in [0.25, 0.3) is 10.8 Å². The molecule has 6 heteroatoms. The summed E-state index contributed by atoms with van der Waals surface area (Å²) in [5, 5.41) is 10.2. The first-order valence-electron chi connectivity index (χ1n) is 8.51. The van der Waals surface area contributed by atoms with Gasteiger partial charge in [-0.25, -0.2) is 4.98 Å². The maximum atomic E-state index is 4.50. The Labute approximate surface area is 152 Å². The lowest BCUT2D eigenvalue weighted by Crippen LogP contribution is -2.38. The molecule has 2 aromatic heterocycles. The van der Waals surface area contributed by atoms with Gasteiger partial charge in [0.05, 0.1) is 17.2 Å². The minimum absolute atomic E-state index is 0.637. The van der Waals surface area contributed by atoms with Crippen molar-refractivity contribution in [1.82, 2.24) is 20.6 Å². The zero-order chi connectivity index (χ0) is 17.5. The third-order valence-electron chi connectivity index (χ3n) is 3.98. The Morgan fingerprint density at radius 2 is 2.04 bits per heavy atom. The first-order valence-corrected chi connectivity index (χ1v) is 9.32. The van der Waals surface area contributed by atoms with Crippen molar-refractivity contribution < 1.29 is 0 Å². The number of thiazole rings is 1. The van der Waals surface area contributed by atoms with Crippen molar-refractivity contribution >= 4 is 28.1 Å². The van der Waals surface area contributed by atoms with Gasteiger partial charge >= 0.3 is 0 Å². The molecule has 0 saturated heterocycles. The monoisotopic (exact) mass is 353 g/mol. The van der Waals surface area contributed by atoms with Crippen molar-refractivity contribution in [2.45, 2.75) is 26.3 Å². The smallest absolute Gasteiger partial charge is 0.191 e. The third-order valence-corrected chi connectivity index (χ3v) is 5.19. The molecule has 130 valence electrons. The lowest BCUT2D eigenvalue weighted by atomic mass is 10.1. The number of benzene rings is 1. The zero-order valence-corrected chi connectivity index (χ0v) is 15.4. The van der Waals surface area contributed by atoms with E-state index in [-0.39, 0.29) is 0 Å². The van der Waals surface area contributed by atoms with Gasteiger partial charge < -0.3 is 10.6 Å². The van der Waals surface area contributed by atoms with Crippen molar-refractivity contribution in [3.8, 4) is 0 Å². The lowest BCUT2D eigenvalue weighted by Gasteiger charge is -2.12. The summed E-state index contributed by atoms with van der Waals surface area (Å²) in [7, 11) is 1.78. The molecule has 0 amide bonds. The first kappa shape index (κ1) is 17.4. The highest BCUT2D eigenvalue weighted by molar-refractivity contribution is 7.11. The van der Waals surface area contributed by atoms with Crippen molar-refractivity contribution in [3.63, 3.8) is 0 Å². The van der Waals surface area contributed by atoms with Crippen LogP contribution < -0.4 is 10.6 Å². The molecule has 2 heterocycles. The zero-order valence-electron chi connectivity index (χ0n) is 14.6. The van der Waals surface area contributed by atoms with E-state index in [1.54, 1.807) is 18.4 Å². The van der Waals surface area contributed by atoms with Gasteiger partial charge in [-0.3, -0.25) is 9.98 Å². The summed E-state index contributed by atoms with van der Waals surface area (Å²) in [6.45, 7) is 3.60. The molecule has 0 aliphatic rings. The summed E-state index contributed by atoms with van der Waals surface area (Å²) < 4.78 is 0. The van der Waals surface area contributed by atoms with Crippen LogP contribution in [0.5, 0.6) is 0 Å². The number of aryl methyl sites for hydroxylation is 1. The van der Waals surface area contributed by atoms with Gasteiger partial charge in [0.1, 0.15) is 0 Å². The van der Waals surface area contributed by atoms with Gasteiger partial charge in [0.2, 0.25) is 0 Å². The second kappa shape index (κ2) is 8.58. The fourth-order valence-electron chi connectivity index (χ4n) is 2.63. The summed E-state index contributed by atoms with van der Waals surface area (Å²) >= 11 is 1.78. The van der Waals surface area contributed by atoms with Crippen molar-refractivity contribution in [2.75, 3.05) is 13.6 Å². The van der Waals surface area contributed by atoms with E-state index in [1.807, 2.05) is 30.6 Å². The molecule has 0 aliphatic carbocycles. The van der Waals surface area contributed by atoms with Crippen molar-refractivity contribution in [1.29, 1.82) is 0 Å². The summed E-state index contributed by atoms with van der Waals surface area (Å²) in [6.07, 6.45) is 5.77. The standard InChI is InChI=1S/C19H23N5S/c1-3-15-12-23-18(25-15)9-11-22-19(20-2)24-13-17-16-7-5-4-6-14(16)8-10-21-17/h4-8,10,12H,3,9,11,13H2,1-2H3,(H2,20,22,24). The molecule has 3 rings (SSSR count). The van der Waals surface area contributed by atoms with Gasteiger partial charge in [-0.05, 0) is 17.9 Å². The van der Waals surface area contributed by atoms with Crippen LogP contribution in [0.1, 0.15) is 22.5 Å². The minimum Gasteiger partial charge on any atom is -0.356 e. The maximum Gasteiger partial charge on any atom is 0.191 e. The minimum atomic E-state index is 0.637. The molecule has 25 heavy (non-hydrogen) atoms. The Balaban J connectivity index is 1.53. The number of aliphatic imine (C=N–C) groups is 1. The van der Waals surface area contributed by atoms with E-state index < -0.39 is 0 Å². The highest BCUT2D eigenvalue weighted by Crippen LogP contribution is 2.16. The van der Waals surface area contributed by atoms with Gasteiger partial charge in [-0.1, -0.05) is 31.2 Å². The third kappa shape index (κ3) is 4.54. The molecule has 0 aliphatic heterocycles. The normalized spacial score (nSPS) is 11.7. The van der Waals surface area contributed by atoms with Crippen LogP contribution in [0, 0.1) is 0 Å². The predicted molar refractivity (Wildman–Crippen MR) is 105 cm³/mol. The van der Waals surface area contributed by atoms with Gasteiger partial charge in [0, 0.05) is 42.7 Å². The summed E-state index contributed by atoms with van der Waals surface area (Å²) in [5.41, 5.74) is 1.02. The van der Waals surface area contributed by atoms with Gasteiger partial charge in [0.25, 0.3) is 0 Å². The Morgan fingerprint density at radius 1 is 1.16 bits per heavy atom. The average Bonchev–Trinajstić information content (AvgIpc) is 3.12. The van der Waals surface area contributed by atoms with E-state index in [2.05, 4.69) is 44.7 Å². The number of fused-ring (bicyclic) bond motifs is 1. The molecule has 3 aromatic rings. The lowest BCUT2D eigenvalue weighted by molar-refractivity contribution is 0.784. The highest BCUT2D eigenvalue weighted by Gasteiger charge is 2.05. The number of pyridine rings is 1. The van der Waals surface area contributed by atoms with Crippen LogP contribution in [0.2, 0.25) is 0 Å². The van der Waals surface area contributed by atoms with Gasteiger partial charge in [-0.2, -0.15) is 0 Å². The number of nitrogens with zero attached hydrogens (tertiary/aromatic N) is 3. The number of guanidine groups is 1. The van der Waals surface area contributed by atoms with Crippen molar-refractivity contribution in [3.05, 3.63) is 58.3 Å². The van der Waals surface area contributed by atoms with Crippen LogP contribution in [-0.2, 0) is 19.4 Å². The summed E-state index contributed by atoms with van der Waals surface area (Å²) in [4.78, 5) is 14.6. The average molecular weight is 353 g/mol. The second-order valence-electron chi connectivity index (χ2n) is 5.66. The fraction of sp³-hybridized carbons (Fsp3) is 0.316. The second-order valence-corrected chi connectivity index (χ2v) is 6.85. The topological polar surface area (TPSA) is 62.2 Å². The molecule has 0 unspecified atom stereocenters. The molecule has 0 fully saturated rings. The van der Waals surface area contributed by atoms with E-state index in [9.17, 15) is 0 Å². The van der Waals surface area contributed by atoms with E-state index in [1.165, 1.54) is 15.6 Å². The van der Waals surface area contributed by atoms with Crippen LogP contribution in [-0.4, -0.2) is 29.5 Å². The van der Waals surface area contributed by atoms with Gasteiger partial charge in [0.15, 0.2) is 5.96 Å². The predicted octanol–water partition coefficient (Wildman–Crippen LogP) is 3.16. The molecule has 2 N–H and O–H groups in total. The van der Waals surface area contributed by atoms with Crippen molar-refractivity contribution in [2.24, 2.45) is 4.99 Å². The van der Waals surface area contributed by atoms with Crippen LogP contribution in [0.4, 0.5) is 0 Å². The van der Waals surface area contributed by atoms with E-state index in [0.717, 1.165) is 36.0 Å². The number of nitrogens with one attached hydrogen (secondary N) is 2. The van der Waals surface area contributed by atoms with Crippen LogP contribution in [0.3, 0.4) is 0 Å². The number of hydrogen-bond acceptors (Lipinski definition) is 4. The largest absolute Gasteiger partial charge is 0.356 e. The molecular formula is C19H23N5S. The molecule has 1 aromatic carbocycles. The Hall–Kier alpha value is -2.47. The van der Waals surface area contributed by atoms with Crippen LogP contribution in [0.15, 0.2) is 47.7 Å². The quantitative estimate of drug-likeness (QED) is 0.528. The molecular weight excluding hydrogens is 330 g/mol. The Bertz CT molecular complexity index is 850. The number of aromatic nitrogens is 2. The first-order chi connectivity index (χ1) is 12.3. The Kier molecular flexibility index (Phi) is 5.95. The van der Waals surface area contributed by atoms with E-state index in [4.69, 9.17) is 0 Å². The molecule has 0 bridgehead atoms. The fourth-order valence-corrected chi connectivity index (χ4v) is 3.49. The van der Waals surface area contributed by atoms with Gasteiger partial charge in [-0.15, -0.1) is 11.3 Å². The number of rotatable bonds is 6. The molecule has 0 saturated carbocycles. The molecule has 5 nitrogen and oxygen atoms in total. The van der Waals surface area contributed by atoms with E-state index >= 15 is 0 Å². The number of hydrogen-bond donors (Lipinski definition) is 2. The molecule has 0 radical (unpaired) electrons. The summed E-state index contributed by atoms with van der Waals surface area (Å²) in [5.74, 6) is 0.780. The maximum absolute atomic E-state index is 4.50.